The Labute approximate surface area is 247 Å². The van der Waals surface area contributed by atoms with E-state index in [2.05, 4.69) is 15.6 Å². The average Bonchev–Trinajstić information content (AvgIpc) is 2.97. The topological polar surface area (TPSA) is 158 Å². The van der Waals surface area contributed by atoms with Crippen molar-refractivity contribution in [3.05, 3.63) is 124 Å². The number of ether oxygens (including phenoxy) is 1. The van der Waals surface area contributed by atoms with E-state index in [0.29, 0.717) is 22.0 Å². The minimum absolute atomic E-state index is 0.0510. The van der Waals surface area contributed by atoms with Crippen LogP contribution in [0.25, 0.3) is 0 Å². The largest absolute Gasteiger partial charge is 0.488 e. The highest BCUT2D eigenvalue weighted by molar-refractivity contribution is 6.30. The van der Waals surface area contributed by atoms with Crippen molar-refractivity contribution in [1.29, 1.82) is 0 Å². The van der Waals surface area contributed by atoms with E-state index in [9.17, 15) is 14.0 Å². The van der Waals surface area contributed by atoms with Gasteiger partial charge in [0.2, 0.25) is 5.91 Å². The molecule has 11 heteroatoms. The molecule has 0 aromatic heterocycles. The molecule has 8 N–H and O–H groups in total. The van der Waals surface area contributed by atoms with Crippen LogP contribution in [0.1, 0.15) is 27.0 Å². The number of carbonyl (C=O) groups is 2. The van der Waals surface area contributed by atoms with Crippen LogP contribution in [-0.2, 0) is 24.4 Å². The van der Waals surface area contributed by atoms with E-state index in [-0.39, 0.29) is 48.6 Å². The van der Waals surface area contributed by atoms with E-state index < -0.39 is 11.9 Å². The molecule has 4 aromatic rings. The first-order valence-corrected chi connectivity index (χ1v) is 13.3. The smallest absolute Gasteiger partial charge is 0.255 e. The summed E-state index contributed by atoms with van der Waals surface area (Å²) in [5, 5.41) is 6.24. The monoisotopic (exact) mass is 588 g/mol. The van der Waals surface area contributed by atoms with Gasteiger partial charge in [-0.2, -0.15) is 0 Å². The lowest BCUT2D eigenvalue weighted by atomic mass is 10.1. The van der Waals surface area contributed by atoms with E-state index in [1.165, 1.54) is 12.1 Å². The molecule has 0 spiro atoms. The second kappa shape index (κ2) is 14.1. The molecule has 4 aromatic carbocycles. The highest BCUT2D eigenvalue weighted by Gasteiger charge is 2.18. The minimum Gasteiger partial charge on any atom is -0.488 e. The van der Waals surface area contributed by atoms with Gasteiger partial charge in [0.15, 0.2) is 5.96 Å². The summed E-state index contributed by atoms with van der Waals surface area (Å²) in [4.78, 5) is 30.0. The molecule has 4 rings (SSSR count). The summed E-state index contributed by atoms with van der Waals surface area (Å²) in [7, 11) is 0. The van der Waals surface area contributed by atoms with Gasteiger partial charge in [-0.3, -0.25) is 9.59 Å². The Morgan fingerprint density at radius 2 is 1.52 bits per heavy atom. The van der Waals surface area contributed by atoms with Gasteiger partial charge < -0.3 is 32.6 Å². The van der Waals surface area contributed by atoms with Gasteiger partial charge in [0, 0.05) is 23.3 Å². The lowest BCUT2D eigenvalue weighted by molar-refractivity contribution is -0.117. The zero-order valence-corrected chi connectivity index (χ0v) is 23.3. The van der Waals surface area contributed by atoms with E-state index in [1.807, 2.05) is 12.1 Å². The number of guanidine groups is 1. The number of nitrogens with two attached hydrogens (primary N) is 3. The Kier molecular flexibility index (Phi) is 10.1. The molecule has 0 aliphatic rings. The second-order valence-electron chi connectivity index (χ2n) is 9.44. The first-order chi connectivity index (χ1) is 20.2. The number of nitrogens with zero attached hydrogens (tertiary/aromatic N) is 1. The number of benzene rings is 4. The summed E-state index contributed by atoms with van der Waals surface area (Å²) in [6.45, 7) is 0.345. The van der Waals surface area contributed by atoms with E-state index in [1.54, 1.807) is 66.7 Å². The highest BCUT2D eigenvalue weighted by Crippen LogP contribution is 2.25. The number of carbonyl (C=O) groups excluding carboxylic acids is 2. The Morgan fingerprint density at radius 1 is 0.881 bits per heavy atom. The van der Waals surface area contributed by atoms with E-state index >= 15 is 0 Å². The predicted molar refractivity (Wildman–Crippen MR) is 162 cm³/mol. The van der Waals surface area contributed by atoms with Crippen LogP contribution in [0.3, 0.4) is 0 Å². The Hall–Kier alpha value is -4.93. The van der Waals surface area contributed by atoms with Gasteiger partial charge >= 0.3 is 0 Å². The molecule has 216 valence electrons. The minimum atomic E-state index is -0.857. The molecular formula is C31H30ClFN6O3. The molecule has 0 saturated carbocycles. The molecule has 0 fully saturated rings. The Morgan fingerprint density at radius 3 is 2.19 bits per heavy atom. The van der Waals surface area contributed by atoms with Crippen molar-refractivity contribution in [2.75, 3.05) is 5.32 Å². The highest BCUT2D eigenvalue weighted by atomic mass is 35.5. The van der Waals surface area contributed by atoms with Crippen LogP contribution in [-0.4, -0.2) is 23.8 Å². The van der Waals surface area contributed by atoms with E-state index in [0.717, 1.165) is 11.1 Å². The zero-order valence-electron chi connectivity index (χ0n) is 22.5. The number of rotatable bonds is 11. The van der Waals surface area contributed by atoms with Crippen LogP contribution in [0.5, 0.6) is 5.75 Å². The number of anilines is 1. The molecule has 0 bridgehead atoms. The van der Waals surface area contributed by atoms with Gasteiger partial charge in [-0.25, -0.2) is 9.38 Å². The standard InChI is InChI=1S/C31H30ClFN6O3/c32-22-7-1-20(2-8-22)17-37-29(40)26-14-13-25(16-28(26)42-18-21-3-9-23(33)10-4-21)38-30(41)27(34)15-19-5-11-24(12-6-19)39-31(35)36/h1-14,16,27H,15,17-18,34H2,(H,37,40)(H,38,41)(H4,35,36,39)/t27-/m0/s1. The quantitative estimate of drug-likeness (QED) is 0.129. The first-order valence-electron chi connectivity index (χ1n) is 13.0. The number of nitrogens with one attached hydrogen (secondary N) is 2. The number of amides is 2. The zero-order chi connectivity index (χ0) is 30.1. The Balaban J connectivity index is 1.46. The van der Waals surface area contributed by atoms with Crippen LogP contribution in [0, 0.1) is 5.82 Å². The van der Waals surface area contributed by atoms with Crippen molar-refractivity contribution in [3.8, 4) is 5.75 Å². The summed E-state index contributed by atoms with van der Waals surface area (Å²) in [6, 6.07) is 23.8. The van der Waals surface area contributed by atoms with Gasteiger partial charge in [-0.1, -0.05) is 48.0 Å². The summed E-state index contributed by atoms with van der Waals surface area (Å²) in [6.07, 6.45) is 0.271. The van der Waals surface area contributed by atoms with Gasteiger partial charge in [0.05, 0.1) is 17.3 Å². The van der Waals surface area contributed by atoms with Gasteiger partial charge in [0.1, 0.15) is 18.2 Å². The van der Waals surface area contributed by atoms with Crippen LogP contribution in [0.15, 0.2) is 96.0 Å². The lowest BCUT2D eigenvalue weighted by Gasteiger charge is -2.16. The van der Waals surface area contributed by atoms with Crippen molar-refractivity contribution < 1.29 is 18.7 Å². The third kappa shape index (κ3) is 8.79. The second-order valence-corrected chi connectivity index (χ2v) is 9.87. The van der Waals surface area contributed by atoms with Crippen molar-refractivity contribution in [3.63, 3.8) is 0 Å². The lowest BCUT2D eigenvalue weighted by Crippen LogP contribution is -2.37. The number of halogens is 2. The molecule has 2 amide bonds. The van der Waals surface area contributed by atoms with Crippen LogP contribution in [0.4, 0.5) is 15.8 Å². The van der Waals surface area contributed by atoms with Crippen molar-refractivity contribution in [1.82, 2.24) is 5.32 Å². The molecule has 0 heterocycles. The fourth-order valence-corrected chi connectivity index (χ4v) is 4.09. The maximum atomic E-state index is 13.3. The molecule has 9 nitrogen and oxygen atoms in total. The van der Waals surface area contributed by atoms with Crippen molar-refractivity contribution >= 4 is 40.7 Å². The van der Waals surface area contributed by atoms with Crippen LogP contribution in [0.2, 0.25) is 5.02 Å². The summed E-state index contributed by atoms with van der Waals surface area (Å²) < 4.78 is 19.3. The molecule has 0 radical (unpaired) electrons. The summed E-state index contributed by atoms with van der Waals surface area (Å²) in [5.74, 6) is -0.989. The van der Waals surface area contributed by atoms with Crippen molar-refractivity contribution in [2.45, 2.75) is 25.6 Å². The maximum absolute atomic E-state index is 13.3. The molecule has 0 unspecified atom stereocenters. The molecule has 0 aliphatic heterocycles. The third-order valence-electron chi connectivity index (χ3n) is 6.15. The predicted octanol–water partition coefficient (Wildman–Crippen LogP) is 4.40. The van der Waals surface area contributed by atoms with Crippen molar-refractivity contribution in [2.24, 2.45) is 22.2 Å². The number of hydrogen-bond donors (Lipinski definition) is 5. The van der Waals surface area contributed by atoms with Crippen LogP contribution >= 0.6 is 11.6 Å². The SMILES string of the molecule is NC(N)=Nc1ccc(C[C@H](N)C(=O)Nc2ccc(C(=O)NCc3ccc(Cl)cc3)c(OCc3ccc(F)cc3)c2)cc1. The van der Waals surface area contributed by atoms with Crippen LogP contribution < -0.4 is 32.6 Å². The van der Waals surface area contributed by atoms with Gasteiger partial charge in [-0.05, 0) is 71.6 Å². The first kappa shape index (κ1) is 30.0. The molecule has 42 heavy (non-hydrogen) atoms. The third-order valence-corrected chi connectivity index (χ3v) is 6.41. The normalized spacial score (nSPS) is 11.3. The fraction of sp³-hybridized carbons (Fsp3) is 0.129. The molecule has 0 aliphatic carbocycles. The van der Waals surface area contributed by atoms with Gasteiger partial charge in [-0.15, -0.1) is 0 Å². The molecular weight excluding hydrogens is 559 g/mol. The maximum Gasteiger partial charge on any atom is 0.255 e. The van der Waals surface area contributed by atoms with Gasteiger partial charge in [0.25, 0.3) is 5.91 Å². The summed E-state index contributed by atoms with van der Waals surface area (Å²) in [5.41, 5.74) is 20.6. The summed E-state index contributed by atoms with van der Waals surface area (Å²) >= 11 is 5.94. The number of aliphatic imine (C=N–C) groups is 1. The molecule has 1 atom stereocenters. The average molecular weight is 589 g/mol. The fourth-order valence-electron chi connectivity index (χ4n) is 3.97. The Bertz CT molecular complexity index is 1560. The molecule has 0 saturated heterocycles. The number of hydrogen-bond acceptors (Lipinski definition) is 5. The van der Waals surface area contributed by atoms with E-state index in [4.69, 9.17) is 33.5 Å².